The van der Waals surface area contributed by atoms with E-state index in [2.05, 4.69) is 0 Å². The zero-order chi connectivity index (χ0) is 19.2. The van der Waals surface area contributed by atoms with Crippen LogP contribution in [0, 0.1) is 0 Å². The summed E-state index contributed by atoms with van der Waals surface area (Å²) < 4.78 is 25.1. The van der Waals surface area contributed by atoms with Crippen LogP contribution in [0.15, 0.2) is 60.7 Å². The molecule has 0 radical (unpaired) electrons. The van der Waals surface area contributed by atoms with Gasteiger partial charge in [0.2, 0.25) is 10.0 Å². The van der Waals surface area contributed by atoms with Crippen molar-refractivity contribution in [2.24, 2.45) is 0 Å². The van der Waals surface area contributed by atoms with E-state index in [4.69, 9.17) is 0 Å². The third kappa shape index (κ3) is 3.17. The number of carbonyl (C=O) groups is 1. The van der Waals surface area contributed by atoms with Gasteiger partial charge in [-0.15, -0.1) is 0 Å². The number of hydrogen-bond donors (Lipinski definition) is 0. The van der Waals surface area contributed by atoms with Gasteiger partial charge in [0.05, 0.1) is 11.9 Å². The van der Waals surface area contributed by atoms with Crippen molar-refractivity contribution in [2.45, 2.75) is 6.42 Å². The Balaban J connectivity index is 1.64. The summed E-state index contributed by atoms with van der Waals surface area (Å²) in [5, 5.41) is 2.20. The summed E-state index contributed by atoms with van der Waals surface area (Å²) in [6, 6.07) is 19.2. The Morgan fingerprint density at radius 3 is 2.48 bits per heavy atom. The van der Waals surface area contributed by atoms with Crippen molar-refractivity contribution in [1.82, 2.24) is 0 Å². The smallest absolute Gasteiger partial charge is 0.258 e. The fourth-order valence-corrected chi connectivity index (χ4v) is 4.50. The minimum Gasteiger partial charge on any atom is -0.311 e. The van der Waals surface area contributed by atoms with Crippen molar-refractivity contribution in [3.8, 4) is 0 Å². The molecule has 0 atom stereocenters. The van der Waals surface area contributed by atoms with Gasteiger partial charge in [0, 0.05) is 24.8 Å². The van der Waals surface area contributed by atoms with E-state index >= 15 is 0 Å². The lowest BCUT2D eigenvalue weighted by molar-refractivity contribution is 0.0993. The highest BCUT2D eigenvalue weighted by Crippen LogP contribution is 2.31. The third-order valence-corrected chi connectivity index (χ3v) is 6.18. The second-order valence-corrected chi connectivity index (χ2v) is 8.73. The maximum absolute atomic E-state index is 13.0. The summed E-state index contributed by atoms with van der Waals surface area (Å²) >= 11 is 0. The van der Waals surface area contributed by atoms with Gasteiger partial charge in [0.25, 0.3) is 5.91 Å². The molecule has 0 aromatic heterocycles. The zero-order valence-electron chi connectivity index (χ0n) is 15.2. The van der Waals surface area contributed by atoms with E-state index in [0.29, 0.717) is 24.2 Å². The Labute approximate surface area is 158 Å². The van der Waals surface area contributed by atoms with Crippen LogP contribution in [0.25, 0.3) is 10.8 Å². The summed E-state index contributed by atoms with van der Waals surface area (Å²) in [6.07, 6.45) is 1.82. The molecule has 6 heteroatoms. The molecule has 0 saturated heterocycles. The lowest BCUT2D eigenvalue weighted by atomic mass is 10.1. The molecular weight excluding hydrogens is 360 g/mol. The van der Waals surface area contributed by atoms with Crippen LogP contribution in [-0.2, 0) is 16.4 Å². The van der Waals surface area contributed by atoms with Crippen LogP contribution in [0.1, 0.15) is 15.9 Å². The number of amides is 1. The van der Waals surface area contributed by atoms with E-state index in [1.54, 1.807) is 30.1 Å². The largest absolute Gasteiger partial charge is 0.311 e. The van der Waals surface area contributed by atoms with Gasteiger partial charge < -0.3 is 4.90 Å². The molecule has 0 aliphatic carbocycles. The standard InChI is InChI=1S/C21H20N2O3S/c1-22(19-9-7-15-5-3-4-6-16(15)14-19)21(24)18-8-10-20-17(13-18)11-12-23(20)27(2,25)26/h3-10,13-14H,11-12H2,1-2H3. The predicted octanol–water partition coefficient (Wildman–Crippen LogP) is 3.44. The van der Waals surface area contributed by atoms with Gasteiger partial charge in [-0.3, -0.25) is 9.10 Å². The fraction of sp³-hybridized carbons (Fsp3) is 0.190. The molecule has 1 heterocycles. The second-order valence-electron chi connectivity index (χ2n) is 6.82. The Morgan fingerprint density at radius 1 is 1.00 bits per heavy atom. The van der Waals surface area contributed by atoms with Crippen molar-refractivity contribution >= 4 is 38.1 Å². The Morgan fingerprint density at radius 2 is 1.74 bits per heavy atom. The SMILES string of the molecule is CN(C(=O)c1ccc2c(c1)CCN2S(C)(=O)=O)c1ccc2ccccc2c1. The number of nitrogens with zero attached hydrogens (tertiary/aromatic N) is 2. The molecule has 3 aromatic carbocycles. The topological polar surface area (TPSA) is 57.7 Å². The molecular formula is C21H20N2O3S. The number of hydrogen-bond acceptors (Lipinski definition) is 3. The highest BCUT2D eigenvalue weighted by Gasteiger charge is 2.27. The summed E-state index contributed by atoms with van der Waals surface area (Å²) in [5.74, 6) is -0.120. The molecule has 5 nitrogen and oxygen atoms in total. The minimum absolute atomic E-state index is 0.120. The summed E-state index contributed by atoms with van der Waals surface area (Å²) in [4.78, 5) is 14.6. The first-order chi connectivity index (χ1) is 12.8. The van der Waals surface area contributed by atoms with Crippen LogP contribution in [-0.4, -0.2) is 34.2 Å². The van der Waals surface area contributed by atoms with Crippen LogP contribution in [0.5, 0.6) is 0 Å². The monoisotopic (exact) mass is 380 g/mol. The third-order valence-electron chi connectivity index (χ3n) is 5.00. The van der Waals surface area contributed by atoms with E-state index < -0.39 is 10.0 Å². The molecule has 0 fully saturated rings. The quantitative estimate of drug-likeness (QED) is 0.699. The molecule has 1 aliphatic rings. The number of rotatable bonds is 3. The van der Waals surface area contributed by atoms with Crippen LogP contribution in [0.4, 0.5) is 11.4 Å². The number of anilines is 2. The van der Waals surface area contributed by atoms with Crippen LogP contribution in [0.2, 0.25) is 0 Å². The van der Waals surface area contributed by atoms with E-state index in [1.165, 1.54) is 10.6 Å². The first-order valence-corrected chi connectivity index (χ1v) is 10.6. The lowest BCUT2D eigenvalue weighted by Crippen LogP contribution is -2.28. The van der Waals surface area contributed by atoms with Gasteiger partial charge in [0.1, 0.15) is 0 Å². The normalized spacial score (nSPS) is 13.6. The summed E-state index contributed by atoms with van der Waals surface area (Å²) in [7, 11) is -1.54. The minimum atomic E-state index is -3.29. The van der Waals surface area contributed by atoms with Crippen LogP contribution in [0.3, 0.4) is 0 Å². The molecule has 0 bridgehead atoms. The van der Waals surface area contributed by atoms with E-state index in [0.717, 1.165) is 22.0 Å². The maximum Gasteiger partial charge on any atom is 0.258 e. The molecule has 1 amide bonds. The van der Waals surface area contributed by atoms with Crippen LogP contribution >= 0.6 is 0 Å². The summed E-state index contributed by atoms with van der Waals surface area (Å²) in [6.45, 7) is 0.423. The average molecular weight is 380 g/mol. The van der Waals surface area contributed by atoms with Crippen molar-refractivity contribution in [1.29, 1.82) is 0 Å². The number of carbonyl (C=O) groups excluding carboxylic acids is 1. The van der Waals surface area contributed by atoms with Gasteiger partial charge in [-0.2, -0.15) is 0 Å². The van der Waals surface area contributed by atoms with Crippen molar-refractivity contribution in [2.75, 3.05) is 29.1 Å². The number of sulfonamides is 1. The van der Waals surface area contributed by atoms with Gasteiger partial charge in [-0.25, -0.2) is 8.42 Å². The Bertz CT molecular complexity index is 1160. The molecule has 3 aromatic rings. The van der Waals surface area contributed by atoms with E-state index in [1.807, 2.05) is 42.5 Å². The maximum atomic E-state index is 13.0. The highest BCUT2D eigenvalue weighted by molar-refractivity contribution is 7.92. The number of fused-ring (bicyclic) bond motifs is 2. The molecule has 0 unspecified atom stereocenters. The average Bonchev–Trinajstić information content (AvgIpc) is 3.10. The Kier molecular flexibility index (Phi) is 4.15. The van der Waals surface area contributed by atoms with Crippen LogP contribution < -0.4 is 9.21 Å². The Hall–Kier alpha value is -2.86. The summed E-state index contributed by atoms with van der Waals surface area (Å²) in [5.41, 5.74) is 2.93. The molecule has 138 valence electrons. The highest BCUT2D eigenvalue weighted by atomic mass is 32.2. The first-order valence-electron chi connectivity index (χ1n) is 8.72. The number of benzene rings is 3. The molecule has 4 rings (SSSR count). The van der Waals surface area contributed by atoms with Crippen molar-refractivity contribution in [3.63, 3.8) is 0 Å². The van der Waals surface area contributed by atoms with Gasteiger partial charge in [-0.1, -0.05) is 30.3 Å². The molecule has 0 saturated carbocycles. The van der Waals surface area contributed by atoms with E-state index in [9.17, 15) is 13.2 Å². The molecule has 0 N–H and O–H groups in total. The predicted molar refractivity (Wildman–Crippen MR) is 109 cm³/mol. The zero-order valence-corrected chi connectivity index (χ0v) is 16.0. The van der Waals surface area contributed by atoms with Gasteiger partial charge in [0.15, 0.2) is 0 Å². The first kappa shape index (κ1) is 17.5. The molecule has 0 spiro atoms. The van der Waals surface area contributed by atoms with Crippen molar-refractivity contribution < 1.29 is 13.2 Å². The van der Waals surface area contributed by atoms with E-state index in [-0.39, 0.29) is 5.91 Å². The van der Waals surface area contributed by atoms with Gasteiger partial charge >= 0.3 is 0 Å². The second kappa shape index (κ2) is 6.39. The van der Waals surface area contributed by atoms with Gasteiger partial charge in [-0.05, 0) is 53.1 Å². The molecule has 1 aliphatic heterocycles. The molecule has 27 heavy (non-hydrogen) atoms. The van der Waals surface area contributed by atoms with Crippen molar-refractivity contribution in [3.05, 3.63) is 71.8 Å². The lowest BCUT2D eigenvalue weighted by Gasteiger charge is -2.19. The fourth-order valence-electron chi connectivity index (χ4n) is 3.55.